The highest BCUT2D eigenvalue weighted by Crippen LogP contribution is 2.44. The van der Waals surface area contributed by atoms with Crippen LogP contribution in [0, 0.1) is 7.14 Å². The molecule has 0 fully saturated rings. The molecule has 2 aromatic carbocycles. The van der Waals surface area contributed by atoms with E-state index in [4.69, 9.17) is 23.7 Å². The molecule has 0 heterocycles. The van der Waals surface area contributed by atoms with Crippen molar-refractivity contribution in [3.8, 4) is 34.5 Å². The largest absolute Gasteiger partial charge is 0.455 e. The van der Waals surface area contributed by atoms with Gasteiger partial charge in [-0.2, -0.15) is 0 Å². The number of carbonyl (C=O) groups excluding carboxylic acids is 4. The molecule has 0 aliphatic rings. The molecule has 0 N–H and O–H groups in total. The van der Waals surface area contributed by atoms with E-state index in [9.17, 15) is 19.2 Å². The fourth-order valence-electron chi connectivity index (χ4n) is 2.26. The highest BCUT2D eigenvalue weighted by Gasteiger charge is 2.22. The van der Waals surface area contributed by atoms with Crippen LogP contribution in [0.15, 0.2) is 24.3 Å². The van der Waals surface area contributed by atoms with Crippen molar-refractivity contribution < 1.29 is 42.9 Å². The molecule has 0 amide bonds. The van der Waals surface area contributed by atoms with Crippen molar-refractivity contribution in [3.63, 3.8) is 0 Å². The molecule has 0 aliphatic carbocycles. The Balaban J connectivity index is 2.52. The van der Waals surface area contributed by atoms with Crippen molar-refractivity contribution in [1.82, 2.24) is 0 Å². The molecule has 0 saturated carbocycles. The van der Waals surface area contributed by atoms with E-state index in [-0.39, 0.29) is 34.5 Å². The third-order valence-corrected chi connectivity index (χ3v) is 5.31. The summed E-state index contributed by atoms with van der Waals surface area (Å²) in [7, 11) is 0. The van der Waals surface area contributed by atoms with E-state index in [2.05, 4.69) is 0 Å². The molecule has 164 valence electrons. The summed E-state index contributed by atoms with van der Waals surface area (Å²) in [4.78, 5) is 45.7. The first-order valence-electron chi connectivity index (χ1n) is 8.56. The quantitative estimate of drug-likeness (QED) is 0.254. The maximum Gasteiger partial charge on any atom is 0.308 e. The lowest BCUT2D eigenvalue weighted by atomic mass is 10.2. The third kappa shape index (κ3) is 6.78. The highest BCUT2D eigenvalue weighted by atomic mass is 127. The van der Waals surface area contributed by atoms with Crippen molar-refractivity contribution in [1.29, 1.82) is 0 Å². The third-order valence-electron chi connectivity index (χ3n) is 3.27. The molecule has 0 unspecified atom stereocenters. The second-order valence-corrected chi connectivity index (χ2v) is 8.04. The predicted molar refractivity (Wildman–Crippen MR) is 124 cm³/mol. The molecule has 9 nitrogen and oxygen atoms in total. The standard InChI is InChI=1S/C20H16I2O9/c1-9(23)27-15-7-5-13(17(21)19(15)29-11(3)25)31-14-6-8-16(28-10(2)24)20(18(14)22)30-12(4)26/h5-8H,1-4H3. The zero-order valence-electron chi connectivity index (χ0n) is 16.7. The molecule has 0 radical (unpaired) electrons. The number of halogens is 2. The number of rotatable bonds is 6. The van der Waals surface area contributed by atoms with E-state index in [1.54, 1.807) is 0 Å². The Labute approximate surface area is 204 Å². The monoisotopic (exact) mass is 654 g/mol. The van der Waals surface area contributed by atoms with E-state index in [1.807, 2.05) is 45.2 Å². The van der Waals surface area contributed by atoms with Crippen LogP contribution in [0.4, 0.5) is 0 Å². The topological polar surface area (TPSA) is 114 Å². The van der Waals surface area contributed by atoms with E-state index >= 15 is 0 Å². The smallest absolute Gasteiger partial charge is 0.308 e. The Morgan fingerprint density at radius 3 is 1.13 bits per heavy atom. The first-order valence-corrected chi connectivity index (χ1v) is 10.7. The average Bonchev–Trinajstić information content (AvgIpc) is 2.64. The Hall–Kier alpha value is -2.42. The number of hydrogen-bond acceptors (Lipinski definition) is 9. The van der Waals surface area contributed by atoms with Gasteiger partial charge < -0.3 is 23.7 Å². The zero-order chi connectivity index (χ0) is 23.3. The second-order valence-electron chi connectivity index (χ2n) is 5.89. The summed E-state index contributed by atoms with van der Waals surface area (Å²) in [6.07, 6.45) is 0. The van der Waals surface area contributed by atoms with E-state index in [0.29, 0.717) is 7.14 Å². The number of benzene rings is 2. The van der Waals surface area contributed by atoms with Crippen molar-refractivity contribution in [2.24, 2.45) is 0 Å². The van der Waals surface area contributed by atoms with Crippen LogP contribution < -0.4 is 23.7 Å². The minimum Gasteiger partial charge on any atom is -0.455 e. The maximum absolute atomic E-state index is 11.5. The van der Waals surface area contributed by atoms with E-state index in [1.165, 1.54) is 52.0 Å². The summed E-state index contributed by atoms with van der Waals surface area (Å²) in [5, 5.41) is 0. The van der Waals surface area contributed by atoms with Crippen molar-refractivity contribution in [2.45, 2.75) is 27.7 Å². The predicted octanol–water partition coefficient (Wildman–Crippen LogP) is 4.39. The van der Waals surface area contributed by atoms with Gasteiger partial charge in [-0.3, -0.25) is 19.2 Å². The first-order chi connectivity index (χ1) is 14.5. The maximum atomic E-state index is 11.5. The number of ether oxygens (including phenoxy) is 5. The fourth-order valence-corrected chi connectivity index (χ4v) is 3.60. The summed E-state index contributed by atoms with van der Waals surface area (Å²) in [5.41, 5.74) is 0. The van der Waals surface area contributed by atoms with Crippen molar-refractivity contribution in [3.05, 3.63) is 31.4 Å². The molecular formula is C20H16I2O9. The van der Waals surface area contributed by atoms with Crippen LogP contribution in [0.3, 0.4) is 0 Å². The van der Waals surface area contributed by atoms with Crippen LogP contribution in [0.2, 0.25) is 0 Å². The van der Waals surface area contributed by atoms with Gasteiger partial charge in [-0.15, -0.1) is 0 Å². The summed E-state index contributed by atoms with van der Waals surface area (Å²) in [5.74, 6) is -1.68. The second kappa shape index (κ2) is 10.7. The minimum absolute atomic E-state index is 0.0209. The number of carbonyl (C=O) groups is 4. The lowest BCUT2D eigenvalue weighted by molar-refractivity contribution is -0.134. The van der Waals surface area contributed by atoms with Crippen LogP contribution in [-0.4, -0.2) is 23.9 Å². The highest BCUT2D eigenvalue weighted by molar-refractivity contribution is 14.1. The van der Waals surface area contributed by atoms with Gasteiger partial charge in [0.25, 0.3) is 0 Å². The number of esters is 4. The SMILES string of the molecule is CC(=O)Oc1ccc(Oc2ccc(OC(C)=O)c(OC(C)=O)c2I)c(I)c1OC(C)=O. The van der Waals surface area contributed by atoms with Gasteiger partial charge in [0.1, 0.15) is 18.6 Å². The van der Waals surface area contributed by atoms with Gasteiger partial charge >= 0.3 is 23.9 Å². The summed E-state index contributed by atoms with van der Waals surface area (Å²) in [6.45, 7) is 4.86. The molecule has 0 aromatic heterocycles. The van der Waals surface area contributed by atoms with Crippen LogP contribution in [0.1, 0.15) is 27.7 Å². The molecule has 0 atom stereocenters. The van der Waals surface area contributed by atoms with Crippen LogP contribution >= 0.6 is 45.2 Å². The zero-order valence-corrected chi connectivity index (χ0v) is 21.1. The minimum atomic E-state index is -0.610. The Bertz CT molecular complexity index is 980. The molecule has 2 aromatic rings. The Morgan fingerprint density at radius 2 is 0.839 bits per heavy atom. The summed E-state index contributed by atoms with van der Waals surface area (Å²) in [6, 6.07) is 5.89. The van der Waals surface area contributed by atoms with Gasteiger partial charge in [-0.05, 0) is 69.4 Å². The molecule has 0 bridgehead atoms. The first kappa shape index (κ1) is 24.8. The van der Waals surface area contributed by atoms with Crippen molar-refractivity contribution >= 4 is 69.1 Å². The van der Waals surface area contributed by atoms with Gasteiger partial charge in [0.05, 0.1) is 0 Å². The average molecular weight is 654 g/mol. The molecule has 2 rings (SSSR count). The van der Waals surface area contributed by atoms with Crippen LogP contribution in [-0.2, 0) is 19.2 Å². The van der Waals surface area contributed by atoms with Crippen LogP contribution in [0.5, 0.6) is 34.5 Å². The van der Waals surface area contributed by atoms with Crippen LogP contribution in [0.25, 0.3) is 0 Å². The van der Waals surface area contributed by atoms with Gasteiger partial charge in [-0.25, -0.2) is 0 Å². The Kier molecular flexibility index (Phi) is 8.61. The normalized spacial score (nSPS) is 10.1. The lowest BCUT2D eigenvalue weighted by Gasteiger charge is -2.17. The molecule has 0 spiro atoms. The van der Waals surface area contributed by atoms with Gasteiger partial charge in [0.2, 0.25) is 0 Å². The van der Waals surface area contributed by atoms with Gasteiger partial charge in [0, 0.05) is 27.7 Å². The molecular weight excluding hydrogens is 638 g/mol. The molecule has 0 aliphatic heterocycles. The van der Waals surface area contributed by atoms with Crippen molar-refractivity contribution in [2.75, 3.05) is 0 Å². The molecule has 11 heteroatoms. The summed E-state index contributed by atoms with van der Waals surface area (Å²) >= 11 is 3.77. The fraction of sp³-hybridized carbons (Fsp3) is 0.200. The molecule has 31 heavy (non-hydrogen) atoms. The van der Waals surface area contributed by atoms with Gasteiger partial charge in [0.15, 0.2) is 23.0 Å². The van der Waals surface area contributed by atoms with Gasteiger partial charge in [-0.1, -0.05) is 0 Å². The Morgan fingerprint density at radius 1 is 0.548 bits per heavy atom. The lowest BCUT2D eigenvalue weighted by Crippen LogP contribution is -2.09. The van der Waals surface area contributed by atoms with E-state index < -0.39 is 23.9 Å². The number of hydrogen-bond donors (Lipinski definition) is 0. The summed E-state index contributed by atoms with van der Waals surface area (Å²) < 4.78 is 27.2. The molecule has 0 saturated heterocycles. The van der Waals surface area contributed by atoms with E-state index in [0.717, 1.165) is 0 Å².